The molecule has 0 aliphatic heterocycles. The smallest absolute Gasteiger partial charge is 0.338 e. The number of benzene rings is 2. The lowest BCUT2D eigenvalue weighted by Gasteiger charge is -2.13. The first kappa shape index (κ1) is 20.7. The quantitative estimate of drug-likeness (QED) is 0.423. The van der Waals surface area contributed by atoms with Crippen LogP contribution in [0.4, 0.5) is 0 Å². The van der Waals surface area contributed by atoms with Crippen molar-refractivity contribution in [3.8, 4) is 11.5 Å². The normalized spacial score (nSPS) is 10.8. The van der Waals surface area contributed by atoms with Gasteiger partial charge in [-0.1, -0.05) is 11.6 Å². The van der Waals surface area contributed by atoms with Crippen LogP contribution in [0.5, 0.6) is 11.5 Å². The molecule has 6 nitrogen and oxygen atoms in total. The average molecular weight is 417 g/mol. The Labute approximate surface area is 172 Å². The largest absolute Gasteiger partial charge is 0.493 e. The Bertz CT molecular complexity index is 1130. The first-order chi connectivity index (χ1) is 13.8. The van der Waals surface area contributed by atoms with E-state index >= 15 is 0 Å². The van der Waals surface area contributed by atoms with Gasteiger partial charge in [-0.05, 0) is 56.2 Å². The molecule has 1 heterocycles. The molecule has 0 fully saturated rings. The maximum Gasteiger partial charge on any atom is 0.338 e. The molecular formula is C22H21ClO6. The van der Waals surface area contributed by atoms with Crippen molar-refractivity contribution in [1.29, 1.82) is 0 Å². The summed E-state index contributed by atoms with van der Waals surface area (Å²) in [6, 6.07) is 8.00. The van der Waals surface area contributed by atoms with Gasteiger partial charge in [-0.3, -0.25) is 0 Å². The van der Waals surface area contributed by atoms with Crippen LogP contribution < -0.4 is 15.1 Å². The minimum atomic E-state index is -0.599. The minimum absolute atomic E-state index is 0.0867. The van der Waals surface area contributed by atoms with Gasteiger partial charge in [-0.15, -0.1) is 0 Å². The molecule has 0 radical (unpaired) electrons. The Morgan fingerprint density at radius 3 is 2.52 bits per heavy atom. The van der Waals surface area contributed by atoms with Crippen LogP contribution in [-0.4, -0.2) is 19.7 Å². The second-order valence-electron chi connectivity index (χ2n) is 6.52. The Morgan fingerprint density at radius 2 is 1.83 bits per heavy atom. The van der Waals surface area contributed by atoms with E-state index in [4.69, 9.17) is 30.2 Å². The number of hydrogen-bond donors (Lipinski definition) is 0. The molecule has 3 aromatic rings. The molecule has 0 bridgehead atoms. The van der Waals surface area contributed by atoms with E-state index in [9.17, 15) is 9.59 Å². The summed E-state index contributed by atoms with van der Waals surface area (Å²) < 4.78 is 21.4. The Hall–Kier alpha value is -2.99. The van der Waals surface area contributed by atoms with Crippen LogP contribution in [-0.2, 0) is 11.3 Å². The van der Waals surface area contributed by atoms with E-state index in [-0.39, 0.29) is 17.2 Å². The zero-order valence-electron chi connectivity index (χ0n) is 16.6. The molecule has 0 amide bonds. The fourth-order valence-electron chi connectivity index (χ4n) is 2.95. The number of rotatable bonds is 6. The highest BCUT2D eigenvalue weighted by Gasteiger charge is 2.17. The number of carbonyl (C=O) groups is 1. The van der Waals surface area contributed by atoms with Crippen molar-refractivity contribution in [3.63, 3.8) is 0 Å². The van der Waals surface area contributed by atoms with Gasteiger partial charge in [0.1, 0.15) is 12.2 Å². The van der Waals surface area contributed by atoms with Crippen molar-refractivity contribution < 1.29 is 23.4 Å². The highest BCUT2D eigenvalue weighted by Crippen LogP contribution is 2.36. The van der Waals surface area contributed by atoms with Crippen molar-refractivity contribution in [2.45, 2.75) is 27.4 Å². The van der Waals surface area contributed by atoms with Gasteiger partial charge in [0, 0.05) is 17.0 Å². The van der Waals surface area contributed by atoms with E-state index in [0.29, 0.717) is 29.3 Å². The molecule has 0 saturated carbocycles. The van der Waals surface area contributed by atoms with Crippen LogP contribution in [0.25, 0.3) is 11.0 Å². The SMILES string of the molecule is CCOc1c(Cl)cc(C(=O)OCc2cc(=O)oc3cc(C)c(C)cc23)cc1OC. The van der Waals surface area contributed by atoms with Gasteiger partial charge >= 0.3 is 11.6 Å². The predicted molar refractivity (Wildman–Crippen MR) is 110 cm³/mol. The third-order valence-corrected chi connectivity index (χ3v) is 4.84. The van der Waals surface area contributed by atoms with E-state index < -0.39 is 11.6 Å². The molecule has 29 heavy (non-hydrogen) atoms. The first-order valence-electron chi connectivity index (χ1n) is 9.05. The molecule has 0 N–H and O–H groups in total. The number of methoxy groups -OCH3 is 1. The minimum Gasteiger partial charge on any atom is -0.493 e. The highest BCUT2D eigenvalue weighted by molar-refractivity contribution is 6.32. The van der Waals surface area contributed by atoms with Crippen molar-refractivity contribution in [3.05, 3.63) is 68.0 Å². The molecule has 0 atom stereocenters. The number of hydrogen-bond acceptors (Lipinski definition) is 6. The monoisotopic (exact) mass is 416 g/mol. The van der Waals surface area contributed by atoms with E-state index in [1.165, 1.54) is 25.3 Å². The summed E-state index contributed by atoms with van der Waals surface area (Å²) in [5, 5.41) is 0.970. The van der Waals surface area contributed by atoms with E-state index in [1.807, 2.05) is 26.8 Å². The molecular weight excluding hydrogens is 396 g/mol. The average Bonchev–Trinajstić information content (AvgIpc) is 2.68. The number of esters is 1. The Morgan fingerprint density at radius 1 is 1.10 bits per heavy atom. The van der Waals surface area contributed by atoms with Crippen LogP contribution in [0.1, 0.15) is 34.0 Å². The van der Waals surface area contributed by atoms with Gasteiger partial charge in [0.25, 0.3) is 0 Å². The van der Waals surface area contributed by atoms with Gasteiger partial charge in [0.2, 0.25) is 0 Å². The molecule has 0 aliphatic rings. The predicted octanol–water partition coefficient (Wildman–Crippen LogP) is 4.83. The molecule has 0 saturated heterocycles. The number of fused-ring (bicyclic) bond motifs is 1. The zero-order chi connectivity index (χ0) is 21.1. The summed E-state index contributed by atoms with van der Waals surface area (Å²) in [5.74, 6) is 0.104. The summed E-state index contributed by atoms with van der Waals surface area (Å²) in [7, 11) is 1.46. The number of carbonyl (C=O) groups excluding carboxylic acids is 1. The first-order valence-corrected chi connectivity index (χ1v) is 9.43. The standard InChI is InChI=1S/C22H21ClO6/c1-5-27-21-17(23)8-14(9-19(21)26-4)22(25)28-11-15-10-20(24)29-18-7-13(3)12(2)6-16(15)18/h6-10H,5,11H2,1-4H3. The van der Waals surface area contributed by atoms with Crippen molar-refractivity contribution in [1.82, 2.24) is 0 Å². The van der Waals surface area contributed by atoms with E-state index in [1.54, 1.807) is 6.07 Å². The van der Waals surface area contributed by atoms with E-state index in [2.05, 4.69) is 0 Å². The third-order valence-electron chi connectivity index (χ3n) is 4.56. The molecule has 152 valence electrons. The van der Waals surface area contributed by atoms with Crippen LogP contribution in [0.2, 0.25) is 5.02 Å². The lowest BCUT2D eigenvalue weighted by molar-refractivity contribution is 0.0473. The number of halogens is 1. The molecule has 2 aromatic carbocycles. The molecule has 3 rings (SSSR count). The van der Waals surface area contributed by atoms with Gasteiger partial charge in [-0.25, -0.2) is 9.59 Å². The Kier molecular flexibility index (Phi) is 6.13. The number of aryl methyl sites for hydroxylation is 2. The maximum atomic E-state index is 12.6. The van der Waals surface area contributed by atoms with Gasteiger partial charge in [-0.2, -0.15) is 0 Å². The Balaban J connectivity index is 1.89. The molecule has 1 aromatic heterocycles. The van der Waals surface area contributed by atoms with Gasteiger partial charge < -0.3 is 18.6 Å². The summed E-state index contributed by atoms with van der Waals surface area (Å²) in [4.78, 5) is 24.5. The third kappa shape index (κ3) is 4.38. The second kappa shape index (κ2) is 8.57. The highest BCUT2D eigenvalue weighted by atomic mass is 35.5. The van der Waals surface area contributed by atoms with Crippen LogP contribution in [0.15, 0.2) is 39.5 Å². The zero-order valence-corrected chi connectivity index (χ0v) is 17.4. The molecule has 0 spiro atoms. The lowest BCUT2D eigenvalue weighted by atomic mass is 10.0. The summed E-state index contributed by atoms with van der Waals surface area (Å²) in [6.07, 6.45) is 0. The van der Waals surface area contributed by atoms with Gasteiger partial charge in [0.15, 0.2) is 11.5 Å². The second-order valence-corrected chi connectivity index (χ2v) is 6.93. The van der Waals surface area contributed by atoms with Gasteiger partial charge in [0.05, 0.1) is 24.3 Å². The fourth-order valence-corrected chi connectivity index (χ4v) is 3.22. The van der Waals surface area contributed by atoms with E-state index in [0.717, 1.165) is 16.5 Å². The molecule has 7 heteroatoms. The maximum absolute atomic E-state index is 12.6. The fraction of sp³-hybridized carbons (Fsp3) is 0.273. The summed E-state index contributed by atoms with van der Waals surface area (Å²) in [5.41, 5.74) is 2.79. The van der Waals surface area contributed by atoms with Crippen molar-refractivity contribution in [2.75, 3.05) is 13.7 Å². The lowest BCUT2D eigenvalue weighted by Crippen LogP contribution is -2.09. The van der Waals surface area contributed by atoms with Crippen molar-refractivity contribution >= 4 is 28.5 Å². The van der Waals surface area contributed by atoms with Crippen molar-refractivity contribution in [2.24, 2.45) is 0 Å². The van der Waals surface area contributed by atoms with Crippen LogP contribution >= 0.6 is 11.6 Å². The molecule has 0 unspecified atom stereocenters. The van der Waals surface area contributed by atoms with Crippen LogP contribution in [0, 0.1) is 13.8 Å². The summed E-state index contributed by atoms with van der Waals surface area (Å²) >= 11 is 6.22. The number of ether oxygens (including phenoxy) is 3. The van der Waals surface area contributed by atoms with Crippen LogP contribution in [0.3, 0.4) is 0 Å². The topological polar surface area (TPSA) is 75.0 Å². The summed E-state index contributed by atoms with van der Waals surface area (Å²) in [6.45, 7) is 6.04. The molecule has 0 aliphatic carbocycles.